The minimum absolute atomic E-state index is 0.729. The van der Waals surface area contributed by atoms with Gasteiger partial charge in [0.05, 0.1) is 0 Å². The normalized spacial score (nSPS) is 11.4. The molecule has 0 aromatic carbocycles. The van der Waals surface area contributed by atoms with Crippen LogP contribution >= 0.6 is 11.6 Å². The largest absolute Gasteiger partial charge is 0.368 e. The molecule has 0 aromatic heterocycles. The fourth-order valence-corrected chi connectivity index (χ4v) is 0.554. The summed E-state index contributed by atoms with van der Waals surface area (Å²) < 4.78 is 0. The molecule has 0 aliphatic heterocycles. The van der Waals surface area contributed by atoms with Gasteiger partial charge < -0.3 is 4.90 Å². The van der Waals surface area contributed by atoms with Crippen molar-refractivity contribution in [3.05, 3.63) is 23.4 Å². The fourth-order valence-electron chi connectivity index (χ4n) is 0.400. The zero-order chi connectivity index (χ0) is 8.15. The highest BCUT2D eigenvalue weighted by Crippen LogP contribution is 2.09. The molecule has 0 spiro atoms. The molecule has 0 amide bonds. The van der Waals surface area contributed by atoms with Crippen LogP contribution < -0.4 is 0 Å². The lowest BCUT2D eigenvalue weighted by Crippen LogP contribution is -2.06. The lowest BCUT2D eigenvalue weighted by atomic mass is 10.2. The van der Waals surface area contributed by atoms with Gasteiger partial charge in [0.15, 0.2) is 0 Å². The van der Waals surface area contributed by atoms with E-state index in [9.17, 15) is 0 Å². The second-order valence-corrected chi connectivity index (χ2v) is 2.76. The average molecular weight is 160 g/mol. The van der Waals surface area contributed by atoms with E-state index in [-0.39, 0.29) is 0 Å². The molecule has 0 saturated heterocycles. The maximum Gasteiger partial charge on any atom is 0.104 e. The molecule has 0 aromatic rings. The zero-order valence-electron chi connectivity index (χ0n) is 6.82. The smallest absolute Gasteiger partial charge is 0.104 e. The lowest BCUT2D eigenvalue weighted by molar-refractivity contribution is 0.546. The Hall–Kier alpha value is -0.430. The van der Waals surface area contributed by atoms with E-state index in [0.717, 1.165) is 17.2 Å². The summed E-state index contributed by atoms with van der Waals surface area (Å²) in [7, 11) is 3.81. The third-order valence-corrected chi connectivity index (χ3v) is 1.65. The minimum atomic E-state index is 0.729. The highest BCUT2D eigenvalue weighted by atomic mass is 35.5. The quantitative estimate of drug-likeness (QED) is 0.452. The Morgan fingerprint density at radius 1 is 1.60 bits per heavy atom. The highest BCUT2D eigenvalue weighted by Gasteiger charge is 1.93. The van der Waals surface area contributed by atoms with Crippen molar-refractivity contribution in [2.75, 3.05) is 14.1 Å². The van der Waals surface area contributed by atoms with Crippen LogP contribution in [0.1, 0.15) is 13.3 Å². The topological polar surface area (TPSA) is 3.24 Å². The Balaban J connectivity index is 4.03. The molecular weight excluding hydrogens is 146 g/mol. The Labute approximate surface area is 68.0 Å². The van der Waals surface area contributed by atoms with E-state index in [2.05, 4.69) is 13.5 Å². The summed E-state index contributed by atoms with van der Waals surface area (Å²) in [5, 5.41) is 0.729. The maximum atomic E-state index is 5.82. The number of halogens is 1. The van der Waals surface area contributed by atoms with Gasteiger partial charge in [0.25, 0.3) is 0 Å². The molecule has 0 saturated carbocycles. The zero-order valence-corrected chi connectivity index (χ0v) is 7.57. The fraction of sp³-hybridized carbons (Fsp3) is 0.500. The molecule has 0 N–H and O–H groups in total. The summed E-state index contributed by atoms with van der Waals surface area (Å²) in [5.74, 6) is 0. The summed E-state index contributed by atoms with van der Waals surface area (Å²) in [6.45, 7) is 5.86. The van der Waals surface area contributed by atoms with Gasteiger partial charge in [0, 0.05) is 14.1 Å². The van der Waals surface area contributed by atoms with E-state index >= 15 is 0 Å². The second-order valence-electron chi connectivity index (χ2n) is 2.37. The van der Waals surface area contributed by atoms with Gasteiger partial charge in [-0.05, 0) is 12.5 Å². The van der Waals surface area contributed by atoms with Gasteiger partial charge in [-0.25, -0.2) is 0 Å². The summed E-state index contributed by atoms with van der Waals surface area (Å²) >= 11 is 5.82. The predicted octanol–water partition coefficient (Wildman–Crippen LogP) is 2.59. The number of allylic oxidation sites excluding steroid dienone is 2. The average Bonchev–Trinajstić information content (AvgIpc) is 1.87. The SMILES string of the molecule is C=C(/C=C(/Cl)N(C)C)CC. The molecule has 0 unspecified atom stereocenters. The third-order valence-electron chi connectivity index (χ3n) is 1.20. The van der Waals surface area contributed by atoms with E-state index in [1.54, 1.807) is 0 Å². The molecular formula is C8H14ClN. The van der Waals surface area contributed by atoms with E-state index in [0.29, 0.717) is 0 Å². The molecule has 0 radical (unpaired) electrons. The van der Waals surface area contributed by atoms with Crippen molar-refractivity contribution in [2.24, 2.45) is 0 Å². The van der Waals surface area contributed by atoms with Crippen molar-refractivity contribution in [3.8, 4) is 0 Å². The Bertz CT molecular complexity index is 147. The number of nitrogens with zero attached hydrogens (tertiary/aromatic N) is 1. The van der Waals surface area contributed by atoms with Crippen molar-refractivity contribution in [2.45, 2.75) is 13.3 Å². The highest BCUT2D eigenvalue weighted by molar-refractivity contribution is 6.29. The molecule has 58 valence electrons. The van der Waals surface area contributed by atoms with Gasteiger partial charge >= 0.3 is 0 Å². The number of hydrogen-bond acceptors (Lipinski definition) is 1. The molecule has 10 heavy (non-hydrogen) atoms. The molecule has 0 fully saturated rings. The van der Waals surface area contributed by atoms with Crippen molar-refractivity contribution < 1.29 is 0 Å². The first-order valence-electron chi connectivity index (χ1n) is 3.30. The summed E-state index contributed by atoms with van der Waals surface area (Å²) in [5.41, 5.74) is 1.05. The van der Waals surface area contributed by atoms with Crippen molar-refractivity contribution in [1.29, 1.82) is 0 Å². The standard InChI is InChI=1S/C8H14ClN/c1-5-7(2)6-8(9)10(3)4/h6H,2,5H2,1,3-4H3/b8-6-. The Morgan fingerprint density at radius 3 is 2.40 bits per heavy atom. The molecule has 0 atom stereocenters. The third kappa shape index (κ3) is 3.57. The summed E-state index contributed by atoms with van der Waals surface area (Å²) in [6.07, 6.45) is 2.83. The van der Waals surface area contributed by atoms with Crippen LogP contribution in [0, 0.1) is 0 Å². The van der Waals surface area contributed by atoms with Gasteiger partial charge in [-0.2, -0.15) is 0 Å². The van der Waals surface area contributed by atoms with Crippen LogP contribution in [0.2, 0.25) is 0 Å². The molecule has 0 aliphatic rings. The van der Waals surface area contributed by atoms with Gasteiger partial charge in [0.2, 0.25) is 0 Å². The van der Waals surface area contributed by atoms with Crippen LogP contribution in [0.25, 0.3) is 0 Å². The Kier molecular flexibility index (Phi) is 4.21. The first-order valence-corrected chi connectivity index (χ1v) is 3.68. The minimum Gasteiger partial charge on any atom is -0.368 e. The molecule has 0 heterocycles. The van der Waals surface area contributed by atoms with Crippen molar-refractivity contribution in [3.63, 3.8) is 0 Å². The van der Waals surface area contributed by atoms with E-state index in [1.165, 1.54) is 0 Å². The van der Waals surface area contributed by atoms with Crippen molar-refractivity contribution >= 4 is 11.6 Å². The van der Waals surface area contributed by atoms with Gasteiger partial charge in [-0.3, -0.25) is 0 Å². The first kappa shape index (κ1) is 9.57. The maximum absolute atomic E-state index is 5.82. The molecule has 0 aliphatic carbocycles. The van der Waals surface area contributed by atoms with Crippen molar-refractivity contribution in [1.82, 2.24) is 4.90 Å². The van der Waals surface area contributed by atoms with Crippen LogP contribution in [0.15, 0.2) is 23.4 Å². The summed E-state index contributed by atoms with van der Waals surface area (Å²) in [4.78, 5) is 1.85. The summed E-state index contributed by atoms with van der Waals surface area (Å²) in [6, 6.07) is 0. The molecule has 2 heteroatoms. The lowest BCUT2D eigenvalue weighted by Gasteiger charge is -2.09. The van der Waals surface area contributed by atoms with E-state index < -0.39 is 0 Å². The first-order chi connectivity index (χ1) is 4.57. The van der Waals surface area contributed by atoms with E-state index in [1.807, 2.05) is 25.1 Å². The van der Waals surface area contributed by atoms with Crippen LogP contribution in [-0.4, -0.2) is 19.0 Å². The number of rotatable bonds is 3. The predicted molar refractivity (Wildman–Crippen MR) is 47.1 cm³/mol. The van der Waals surface area contributed by atoms with Crippen LogP contribution in [-0.2, 0) is 0 Å². The molecule has 1 nitrogen and oxygen atoms in total. The van der Waals surface area contributed by atoms with Crippen LogP contribution in [0.3, 0.4) is 0 Å². The van der Waals surface area contributed by atoms with Gasteiger partial charge in [-0.1, -0.05) is 30.7 Å². The second kappa shape index (κ2) is 4.40. The monoisotopic (exact) mass is 159 g/mol. The van der Waals surface area contributed by atoms with Gasteiger partial charge in [0.1, 0.15) is 5.16 Å². The number of hydrogen-bond donors (Lipinski definition) is 0. The molecule has 0 bridgehead atoms. The van der Waals surface area contributed by atoms with E-state index in [4.69, 9.17) is 11.6 Å². The molecule has 0 rings (SSSR count). The van der Waals surface area contributed by atoms with Crippen LogP contribution in [0.5, 0.6) is 0 Å². The van der Waals surface area contributed by atoms with Crippen LogP contribution in [0.4, 0.5) is 0 Å². The Morgan fingerprint density at radius 2 is 2.10 bits per heavy atom. The van der Waals surface area contributed by atoms with Gasteiger partial charge in [-0.15, -0.1) is 0 Å².